The Morgan fingerprint density at radius 2 is 1.56 bits per heavy atom. The summed E-state index contributed by atoms with van der Waals surface area (Å²) in [6, 6.07) is 17.2. The first-order valence-electron chi connectivity index (χ1n) is 8.32. The number of fused-ring (bicyclic) bond motifs is 2. The number of rotatable bonds is 3. The molecule has 0 spiro atoms. The van der Waals surface area contributed by atoms with Crippen LogP contribution in [0.3, 0.4) is 0 Å². The van der Waals surface area contributed by atoms with Gasteiger partial charge in [-0.05, 0) is 31.2 Å². The van der Waals surface area contributed by atoms with Crippen molar-refractivity contribution in [3.8, 4) is 0 Å². The lowest BCUT2D eigenvalue weighted by atomic mass is 9.94. The van der Waals surface area contributed by atoms with Crippen LogP contribution in [-0.4, -0.2) is 43.5 Å². The van der Waals surface area contributed by atoms with E-state index in [1.807, 2.05) is 48.4 Å². The van der Waals surface area contributed by atoms with E-state index in [0.29, 0.717) is 12.0 Å². The molecule has 3 atom stereocenters. The van der Waals surface area contributed by atoms with Crippen molar-refractivity contribution in [1.29, 1.82) is 0 Å². The van der Waals surface area contributed by atoms with Crippen LogP contribution in [0.1, 0.15) is 12.0 Å². The van der Waals surface area contributed by atoms with Crippen LogP contribution in [0, 0.1) is 0 Å². The van der Waals surface area contributed by atoms with Crippen LogP contribution in [0.5, 0.6) is 0 Å². The van der Waals surface area contributed by atoms with Gasteiger partial charge in [-0.2, -0.15) is 0 Å². The highest BCUT2D eigenvalue weighted by Gasteiger charge is 2.52. The van der Waals surface area contributed by atoms with E-state index in [1.54, 1.807) is 30.3 Å². The van der Waals surface area contributed by atoms with E-state index in [-0.39, 0.29) is 16.7 Å². The lowest BCUT2D eigenvalue weighted by Gasteiger charge is -2.30. The van der Waals surface area contributed by atoms with Crippen LogP contribution in [0.2, 0.25) is 0 Å². The summed E-state index contributed by atoms with van der Waals surface area (Å²) in [6.07, 6.45) is 2.37. The highest BCUT2D eigenvalue weighted by atomic mass is 32.2. The number of hydrogen-bond donors (Lipinski definition) is 0. The van der Waals surface area contributed by atoms with E-state index in [2.05, 4.69) is 0 Å². The van der Waals surface area contributed by atoms with Gasteiger partial charge in [0.2, 0.25) is 0 Å². The highest BCUT2D eigenvalue weighted by Crippen LogP contribution is 2.40. The normalized spacial score (nSPS) is 26.5. The van der Waals surface area contributed by atoms with Gasteiger partial charge in [0, 0.05) is 11.6 Å². The molecule has 3 unspecified atom stereocenters. The van der Waals surface area contributed by atoms with Crippen molar-refractivity contribution in [2.24, 2.45) is 0 Å². The second-order valence-electron chi connectivity index (χ2n) is 6.62. The van der Waals surface area contributed by atoms with Crippen molar-refractivity contribution in [3.05, 3.63) is 72.3 Å². The lowest BCUT2D eigenvalue weighted by Crippen LogP contribution is -2.46. The fraction of sp³-hybridized carbons (Fsp3) is 0.250. The first-order chi connectivity index (χ1) is 12.0. The first kappa shape index (κ1) is 16.2. The zero-order chi connectivity index (χ0) is 17.6. The van der Waals surface area contributed by atoms with Gasteiger partial charge in [-0.3, -0.25) is 9.69 Å². The summed E-state index contributed by atoms with van der Waals surface area (Å²) < 4.78 is 26.2. The first-order valence-corrected chi connectivity index (χ1v) is 9.87. The van der Waals surface area contributed by atoms with Crippen LogP contribution in [-0.2, 0) is 14.6 Å². The maximum absolute atomic E-state index is 13.1. The smallest absolute Gasteiger partial charge is 0.183 e. The summed E-state index contributed by atoms with van der Waals surface area (Å²) in [5.41, 5.74) is 1.49. The van der Waals surface area contributed by atoms with Crippen LogP contribution in [0.15, 0.2) is 71.6 Å². The van der Waals surface area contributed by atoms with Crippen molar-refractivity contribution in [2.45, 2.75) is 28.6 Å². The minimum Gasteiger partial charge on any atom is -0.292 e. The molecule has 2 heterocycles. The number of hydrogen-bond acceptors (Lipinski definition) is 4. The van der Waals surface area contributed by atoms with Crippen molar-refractivity contribution >= 4 is 21.2 Å². The molecule has 2 aromatic rings. The molecular weight excluding hydrogens is 334 g/mol. The Bertz CT molecular complexity index is 935. The number of ketones is 1. The second kappa shape index (κ2) is 5.93. The third-order valence-corrected chi connectivity index (χ3v) is 7.41. The van der Waals surface area contributed by atoms with E-state index >= 15 is 0 Å². The summed E-state index contributed by atoms with van der Waals surface area (Å²) in [7, 11) is -1.72. The number of benzene rings is 2. The molecule has 5 heteroatoms. The summed E-state index contributed by atoms with van der Waals surface area (Å²) in [4.78, 5) is 15.3. The van der Waals surface area contributed by atoms with Crippen LogP contribution in [0.4, 0.5) is 0 Å². The molecule has 0 saturated carbocycles. The Kier molecular flexibility index (Phi) is 3.85. The maximum atomic E-state index is 13.1. The molecule has 2 aliphatic heterocycles. The van der Waals surface area contributed by atoms with Gasteiger partial charge >= 0.3 is 0 Å². The minimum atomic E-state index is -3.56. The lowest BCUT2D eigenvalue weighted by molar-refractivity contribution is -0.118. The Labute approximate surface area is 147 Å². The predicted molar refractivity (Wildman–Crippen MR) is 96.8 cm³/mol. The maximum Gasteiger partial charge on any atom is 0.183 e. The summed E-state index contributed by atoms with van der Waals surface area (Å²) in [5, 5.41) is -0.713. The SMILES string of the molecule is CN1C2C=C(c3ccccc3)C(=O)C1C(S(=O)(=O)c1ccccc1)C2. The van der Waals surface area contributed by atoms with Gasteiger partial charge in [0.15, 0.2) is 15.6 Å². The zero-order valence-electron chi connectivity index (χ0n) is 13.9. The quantitative estimate of drug-likeness (QED) is 0.851. The monoisotopic (exact) mass is 353 g/mol. The van der Waals surface area contributed by atoms with Crippen LogP contribution < -0.4 is 0 Å². The number of nitrogens with zero attached hydrogens (tertiary/aromatic N) is 1. The summed E-state index contributed by atoms with van der Waals surface area (Å²) in [5.74, 6) is -0.105. The molecule has 25 heavy (non-hydrogen) atoms. The molecule has 0 N–H and O–H groups in total. The number of carbonyl (C=O) groups is 1. The van der Waals surface area contributed by atoms with E-state index in [4.69, 9.17) is 0 Å². The number of carbonyl (C=O) groups excluding carboxylic acids is 1. The summed E-state index contributed by atoms with van der Waals surface area (Å²) >= 11 is 0. The second-order valence-corrected chi connectivity index (χ2v) is 8.79. The molecule has 1 saturated heterocycles. The molecular formula is C20H19NO3S. The van der Waals surface area contributed by atoms with Gasteiger partial charge in [0.1, 0.15) is 0 Å². The fourth-order valence-corrected chi connectivity index (χ4v) is 5.90. The summed E-state index contributed by atoms with van der Waals surface area (Å²) in [6.45, 7) is 0. The molecule has 0 radical (unpaired) electrons. The average molecular weight is 353 g/mol. The molecule has 2 bridgehead atoms. The van der Waals surface area contributed by atoms with Gasteiger partial charge in [-0.1, -0.05) is 54.6 Å². The van der Waals surface area contributed by atoms with E-state index < -0.39 is 21.1 Å². The number of sulfone groups is 1. The average Bonchev–Trinajstić information content (AvgIpc) is 2.87. The molecule has 0 aromatic heterocycles. The third kappa shape index (κ3) is 2.55. The van der Waals surface area contributed by atoms with Crippen molar-refractivity contribution in [3.63, 3.8) is 0 Å². The zero-order valence-corrected chi connectivity index (χ0v) is 14.7. The van der Waals surface area contributed by atoms with Crippen molar-refractivity contribution in [1.82, 2.24) is 4.90 Å². The molecule has 4 rings (SSSR count). The van der Waals surface area contributed by atoms with E-state index in [0.717, 1.165) is 5.56 Å². The number of likely N-dealkylation sites (N-methyl/N-ethyl adjacent to an activating group) is 1. The van der Waals surface area contributed by atoms with Crippen LogP contribution >= 0.6 is 0 Å². The fourth-order valence-electron chi connectivity index (χ4n) is 3.91. The molecule has 2 aliphatic rings. The topological polar surface area (TPSA) is 54.5 Å². The predicted octanol–water partition coefficient (Wildman–Crippen LogP) is 2.57. The standard InChI is InChI=1S/C20H19NO3S/c1-21-15-12-17(14-8-4-2-5-9-14)20(22)19(21)18(13-15)25(23,24)16-10-6-3-7-11-16/h2-12,15,18-19H,13H2,1H3. The van der Waals surface area contributed by atoms with Gasteiger partial charge in [0.05, 0.1) is 16.2 Å². The Balaban J connectivity index is 1.74. The Morgan fingerprint density at radius 3 is 2.20 bits per heavy atom. The highest BCUT2D eigenvalue weighted by molar-refractivity contribution is 7.92. The van der Waals surface area contributed by atoms with Gasteiger partial charge in [-0.15, -0.1) is 0 Å². The molecule has 0 amide bonds. The Hall–Kier alpha value is -2.24. The molecule has 1 fully saturated rings. The van der Waals surface area contributed by atoms with E-state index in [1.165, 1.54) is 0 Å². The molecule has 4 nitrogen and oxygen atoms in total. The third-order valence-electron chi connectivity index (χ3n) is 5.24. The van der Waals surface area contributed by atoms with Gasteiger partial charge in [-0.25, -0.2) is 8.42 Å². The molecule has 2 aromatic carbocycles. The van der Waals surface area contributed by atoms with Crippen molar-refractivity contribution in [2.75, 3.05) is 7.05 Å². The van der Waals surface area contributed by atoms with Gasteiger partial charge in [0.25, 0.3) is 0 Å². The van der Waals surface area contributed by atoms with Crippen molar-refractivity contribution < 1.29 is 13.2 Å². The molecule has 128 valence electrons. The van der Waals surface area contributed by atoms with E-state index in [9.17, 15) is 13.2 Å². The largest absolute Gasteiger partial charge is 0.292 e. The number of Topliss-reactive ketones (excluding diaryl/α,β-unsaturated/α-hetero) is 1. The Morgan fingerprint density at radius 1 is 0.960 bits per heavy atom. The molecule has 0 aliphatic carbocycles. The minimum absolute atomic E-state index is 0.0404. The van der Waals surface area contributed by atoms with Crippen LogP contribution in [0.25, 0.3) is 5.57 Å². The van der Waals surface area contributed by atoms with Gasteiger partial charge < -0.3 is 0 Å².